The number of anilines is 1. The largest absolute Gasteiger partial charge is 0.472 e. The number of hydrogen-bond donors (Lipinski definition) is 1. The third kappa shape index (κ3) is 3.42. The minimum absolute atomic E-state index is 0.111. The van der Waals surface area contributed by atoms with E-state index < -0.39 is 5.82 Å². The second-order valence-electron chi connectivity index (χ2n) is 6.71. The van der Waals surface area contributed by atoms with Crippen molar-refractivity contribution in [3.8, 4) is 0 Å². The molecule has 2 saturated heterocycles. The van der Waals surface area contributed by atoms with Crippen molar-refractivity contribution in [2.24, 2.45) is 0 Å². The van der Waals surface area contributed by atoms with Crippen LogP contribution in [0.3, 0.4) is 0 Å². The molecule has 0 aromatic carbocycles. The molecule has 0 amide bonds. The maximum Gasteiger partial charge on any atom is 0.223 e. The molecule has 0 saturated carbocycles. The highest BCUT2D eigenvalue weighted by Gasteiger charge is 2.43. The van der Waals surface area contributed by atoms with Gasteiger partial charge < -0.3 is 14.5 Å². The molecule has 4 rings (SSSR count). The fourth-order valence-corrected chi connectivity index (χ4v) is 3.76. The van der Waals surface area contributed by atoms with Crippen LogP contribution in [0.15, 0.2) is 35.4 Å². The molecule has 0 unspecified atom stereocenters. The van der Waals surface area contributed by atoms with Gasteiger partial charge in [-0.2, -0.15) is 0 Å². The van der Waals surface area contributed by atoms with Crippen molar-refractivity contribution in [1.29, 1.82) is 0 Å². The maximum absolute atomic E-state index is 12.9. The lowest BCUT2D eigenvalue weighted by molar-refractivity contribution is -0.0533. The average Bonchev–Trinajstić information content (AvgIpc) is 3.21. The first-order valence-electron chi connectivity index (χ1n) is 8.32. The van der Waals surface area contributed by atoms with Crippen molar-refractivity contribution >= 4 is 5.95 Å². The highest BCUT2D eigenvalue weighted by molar-refractivity contribution is 5.26. The fraction of sp³-hybridized carbons (Fsp3) is 0.529. The highest BCUT2D eigenvalue weighted by atomic mass is 19.1. The lowest BCUT2D eigenvalue weighted by atomic mass is 9.88. The van der Waals surface area contributed by atoms with Gasteiger partial charge in [-0.3, -0.25) is 4.90 Å². The molecule has 128 valence electrons. The Morgan fingerprint density at radius 1 is 1.38 bits per heavy atom. The lowest BCUT2D eigenvalue weighted by Gasteiger charge is -2.39. The Labute approximate surface area is 140 Å². The summed E-state index contributed by atoms with van der Waals surface area (Å²) in [6.07, 6.45) is 8.96. The fourth-order valence-electron chi connectivity index (χ4n) is 3.76. The molecule has 0 aliphatic carbocycles. The van der Waals surface area contributed by atoms with Gasteiger partial charge in [0.05, 0.1) is 43.2 Å². The summed E-state index contributed by atoms with van der Waals surface area (Å²) >= 11 is 0. The number of ether oxygens (including phenoxy) is 1. The summed E-state index contributed by atoms with van der Waals surface area (Å²) in [4.78, 5) is 10.4. The minimum atomic E-state index is -0.429. The van der Waals surface area contributed by atoms with Gasteiger partial charge in [0.15, 0.2) is 5.82 Å². The van der Waals surface area contributed by atoms with Gasteiger partial charge in [0.25, 0.3) is 0 Å². The monoisotopic (exact) mass is 332 g/mol. The van der Waals surface area contributed by atoms with Crippen molar-refractivity contribution in [2.45, 2.75) is 37.5 Å². The van der Waals surface area contributed by atoms with Crippen molar-refractivity contribution < 1.29 is 13.5 Å². The Morgan fingerprint density at radius 3 is 3.04 bits per heavy atom. The van der Waals surface area contributed by atoms with Gasteiger partial charge in [0.1, 0.15) is 0 Å². The molecule has 2 aliphatic heterocycles. The summed E-state index contributed by atoms with van der Waals surface area (Å²) < 4.78 is 24.2. The van der Waals surface area contributed by atoms with Gasteiger partial charge in [-0.1, -0.05) is 0 Å². The van der Waals surface area contributed by atoms with Crippen LogP contribution in [0, 0.1) is 5.82 Å². The molecule has 0 radical (unpaired) electrons. The molecular formula is C17H21FN4O2. The number of hydrogen-bond acceptors (Lipinski definition) is 6. The van der Waals surface area contributed by atoms with Gasteiger partial charge in [0, 0.05) is 25.1 Å². The quantitative estimate of drug-likeness (QED) is 0.928. The first kappa shape index (κ1) is 15.5. The predicted molar refractivity (Wildman–Crippen MR) is 85.9 cm³/mol. The Bertz CT molecular complexity index is 664. The van der Waals surface area contributed by atoms with E-state index in [1.165, 1.54) is 18.0 Å². The zero-order valence-electron chi connectivity index (χ0n) is 13.4. The molecule has 1 spiro atoms. The molecule has 7 heteroatoms. The Morgan fingerprint density at radius 2 is 2.25 bits per heavy atom. The van der Waals surface area contributed by atoms with E-state index in [1.807, 2.05) is 6.07 Å². The molecule has 2 aliphatic rings. The van der Waals surface area contributed by atoms with Crippen LogP contribution >= 0.6 is 0 Å². The summed E-state index contributed by atoms with van der Waals surface area (Å²) in [6.45, 7) is 3.51. The highest BCUT2D eigenvalue weighted by Crippen LogP contribution is 2.36. The van der Waals surface area contributed by atoms with Crippen LogP contribution in [0.5, 0.6) is 0 Å². The molecule has 0 bridgehead atoms. The minimum Gasteiger partial charge on any atom is -0.472 e. The van der Waals surface area contributed by atoms with E-state index >= 15 is 0 Å². The number of nitrogens with zero attached hydrogens (tertiary/aromatic N) is 3. The summed E-state index contributed by atoms with van der Waals surface area (Å²) in [5.74, 6) is 0.0231. The van der Waals surface area contributed by atoms with Crippen LogP contribution < -0.4 is 5.32 Å². The van der Waals surface area contributed by atoms with E-state index in [1.54, 1.807) is 12.5 Å². The van der Waals surface area contributed by atoms with Crippen molar-refractivity contribution in [1.82, 2.24) is 14.9 Å². The molecule has 4 heterocycles. The molecule has 1 N–H and O–H groups in total. The van der Waals surface area contributed by atoms with Crippen LogP contribution in [-0.4, -0.2) is 46.2 Å². The summed E-state index contributed by atoms with van der Waals surface area (Å²) in [5.41, 5.74) is 1.08. The van der Waals surface area contributed by atoms with E-state index in [0.717, 1.165) is 38.9 Å². The number of furan rings is 1. The lowest BCUT2D eigenvalue weighted by Crippen LogP contribution is -2.47. The number of aromatic nitrogens is 2. The molecule has 2 aromatic rings. The Balaban J connectivity index is 1.36. The van der Waals surface area contributed by atoms with Crippen molar-refractivity contribution in [3.63, 3.8) is 0 Å². The molecule has 2 fully saturated rings. The van der Waals surface area contributed by atoms with Gasteiger partial charge in [-0.15, -0.1) is 0 Å². The SMILES string of the molecule is Fc1cnc(N[C@@H]2CO[C@@]3(CCCN(Cc4ccoc4)C3)C2)nc1. The van der Waals surface area contributed by atoms with E-state index in [4.69, 9.17) is 9.15 Å². The van der Waals surface area contributed by atoms with Crippen molar-refractivity contribution in [3.05, 3.63) is 42.4 Å². The van der Waals surface area contributed by atoms with E-state index in [2.05, 4.69) is 20.2 Å². The topological polar surface area (TPSA) is 63.4 Å². The van der Waals surface area contributed by atoms with Crippen LogP contribution in [-0.2, 0) is 11.3 Å². The number of rotatable bonds is 4. The average molecular weight is 332 g/mol. The summed E-state index contributed by atoms with van der Waals surface area (Å²) in [6, 6.07) is 2.16. The third-order valence-corrected chi connectivity index (χ3v) is 4.77. The molecule has 2 atom stereocenters. The number of halogens is 1. The van der Waals surface area contributed by atoms with Gasteiger partial charge in [-0.25, -0.2) is 14.4 Å². The first-order chi connectivity index (χ1) is 11.7. The van der Waals surface area contributed by atoms with Crippen LogP contribution in [0.2, 0.25) is 0 Å². The van der Waals surface area contributed by atoms with Gasteiger partial charge in [0.2, 0.25) is 5.95 Å². The predicted octanol–water partition coefficient (Wildman–Crippen LogP) is 2.44. The first-order valence-corrected chi connectivity index (χ1v) is 8.32. The van der Waals surface area contributed by atoms with Crippen molar-refractivity contribution in [2.75, 3.05) is 25.0 Å². The maximum atomic E-state index is 12.9. The third-order valence-electron chi connectivity index (χ3n) is 4.77. The molecule has 24 heavy (non-hydrogen) atoms. The van der Waals surface area contributed by atoms with Crippen LogP contribution in [0.4, 0.5) is 10.3 Å². The normalized spacial score (nSPS) is 27.6. The number of piperidine rings is 1. The number of nitrogens with one attached hydrogen (secondary N) is 1. The smallest absolute Gasteiger partial charge is 0.223 e. The van der Waals surface area contributed by atoms with Crippen LogP contribution in [0.25, 0.3) is 0 Å². The van der Waals surface area contributed by atoms with Gasteiger partial charge in [-0.05, 0) is 25.5 Å². The van der Waals surface area contributed by atoms with Crippen LogP contribution in [0.1, 0.15) is 24.8 Å². The molecule has 6 nitrogen and oxygen atoms in total. The zero-order chi connectivity index (χ0) is 16.4. The second kappa shape index (κ2) is 6.49. The molecule has 2 aromatic heterocycles. The van der Waals surface area contributed by atoms with Gasteiger partial charge >= 0.3 is 0 Å². The number of likely N-dealkylation sites (tertiary alicyclic amines) is 1. The van der Waals surface area contributed by atoms with E-state index in [9.17, 15) is 4.39 Å². The summed E-state index contributed by atoms with van der Waals surface area (Å²) in [7, 11) is 0. The van der Waals surface area contributed by atoms with E-state index in [-0.39, 0.29) is 11.6 Å². The Hall–Kier alpha value is -1.99. The molecular weight excluding hydrogens is 311 g/mol. The van der Waals surface area contributed by atoms with E-state index in [0.29, 0.717) is 12.6 Å². The standard InChI is InChI=1S/C17H21FN4O2/c18-14-7-19-16(20-8-14)21-15-6-17(24-11-15)3-1-4-22(12-17)9-13-2-5-23-10-13/h2,5,7-8,10,15H,1,3-4,6,9,11-12H2,(H,19,20,21)/t15-,17-/m0/s1. The second-order valence-corrected chi connectivity index (χ2v) is 6.71. The summed E-state index contributed by atoms with van der Waals surface area (Å²) in [5, 5.41) is 3.25. The zero-order valence-corrected chi connectivity index (χ0v) is 13.4. The Kier molecular flexibility index (Phi) is 4.20.